The van der Waals surface area contributed by atoms with Crippen molar-refractivity contribution in [3.63, 3.8) is 0 Å². The first-order valence-electron chi connectivity index (χ1n) is 11.0. The SMILES string of the molecule is CCCCCCCCN(CCCCCC)C(=O)CCCCCCC. The van der Waals surface area contributed by atoms with Crippen LogP contribution >= 0.6 is 0 Å². The molecule has 2 nitrogen and oxygen atoms in total. The number of hydrogen-bond donors (Lipinski definition) is 0. The molecule has 0 unspecified atom stereocenters. The van der Waals surface area contributed by atoms with Gasteiger partial charge in [0.15, 0.2) is 0 Å². The van der Waals surface area contributed by atoms with E-state index >= 15 is 0 Å². The van der Waals surface area contributed by atoms with Crippen molar-refractivity contribution in [2.45, 2.75) is 124 Å². The van der Waals surface area contributed by atoms with E-state index in [0.29, 0.717) is 5.91 Å². The molecule has 1 amide bonds. The molecule has 0 aliphatic heterocycles. The maximum atomic E-state index is 12.5. The van der Waals surface area contributed by atoms with Crippen LogP contribution in [0.4, 0.5) is 0 Å². The monoisotopic (exact) mass is 339 g/mol. The van der Waals surface area contributed by atoms with Crippen molar-refractivity contribution in [3.8, 4) is 0 Å². The molecule has 0 aromatic heterocycles. The third-order valence-electron chi connectivity index (χ3n) is 4.91. The van der Waals surface area contributed by atoms with Gasteiger partial charge in [-0.1, -0.05) is 97.8 Å². The minimum Gasteiger partial charge on any atom is -0.343 e. The summed E-state index contributed by atoms with van der Waals surface area (Å²) in [5.41, 5.74) is 0. The first-order chi connectivity index (χ1) is 11.8. The van der Waals surface area contributed by atoms with Crippen LogP contribution in [0.25, 0.3) is 0 Å². The molecule has 0 aromatic carbocycles. The summed E-state index contributed by atoms with van der Waals surface area (Å²) in [6, 6.07) is 0. The van der Waals surface area contributed by atoms with Crippen molar-refractivity contribution in [2.24, 2.45) is 0 Å². The summed E-state index contributed by atoms with van der Waals surface area (Å²) < 4.78 is 0. The zero-order valence-corrected chi connectivity index (χ0v) is 17.1. The average molecular weight is 340 g/mol. The maximum Gasteiger partial charge on any atom is 0.222 e. The Morgan fingerprint density at radius 1 is 0.542 bits per heavy atom. The molecule has 0 rings (SSSR count). The van der Waals surface area contributed by atoms with Crippen LogP contribution in [-0.2, 0) is 4.79 Å². The van der Waals surface area contributed by atoms with Gasteiger partial charge in [0.05, 0.1) is 0 Å². The largest absolute Gasteiger partial charge is 0.343 e. The molecule has 0 spiro atoms. The lowest BCUT2D eigenvalue weighted by Gasteiger charge is -2.23. The molecule has 0 aliphatic carbocycles. The molecule has 0 saturated heterocycles. The number of amides is 1. The topological polar surface area (TPSA) is 20.3 Å². The highest BCUT2D eigenvalue weighted by molar-refractivity contribution is 5.76. The lowest BCUT2D eigenvalue weighted by atomic mass is 10.1. The van der Waals surface area contributed by atoms with Crippen LogP contribution in [0.5, 0.6) is 0 Å². The Labute approximate surface area is 152 Å². The third kappa shape index (κ3) is 15.0. The second-order valence-corrected chi connectivity index (χ2v) is 7.37. The van der Waals surface area contributed by atoms with E-state index in [2.05, 4.69) is 25.7 Å². The normalized spacial score (nSPS) is 11.0. The lowest BCUT2D eigenvalue weighted by molar-refractivity contribution is -0.131. The van der Waals surface area contributed by atoms with Crippen LogP contribution < -0.4 is 0 Å². The summed E-state index contributed by atoms with van der Waals surface area (Å²) in [6.45, 7) is 8.73. The van der Waals surface area contributed by atoms with Crippen molar-refractivity contribution in [3.05, 3.63) is 0 Å². The molecular formula is C22H45NO. The molecule has 0 aromatic rings. The molecule has 0 fully saturated rings. The number of carbonyl (C=O) groups excluding carboxylic acids is 1. The second kappa shape index (κ2) is 18.8. The lowest BCUT2D eigenvalue weighted by Crippen LogP contribution is -2.32. The van der Waals surface area contributed by atoms with E-state index < -0.39 is 0 Å². The Morgan fingerprint density at radius 3 is 1.42 bits per heavy atom. The fourth-order valence-electron chi connectivity index (χ4n) is 3.21. The Bertz CT molecular complexity index is 265. The quantitative estimate of drug-likeness (QED) is 0.243. The molecule has 0 bridgehead atoms. The van der Waals surface area contributed by atoms with Crippen molar-refractivity contribution >= 4 is 5.91 Å². The molecular weight excluding hydrogens is 294 g/mol. The number of carbonyl (C=O) groups is 1. The van der Waals surface area contributed by atoms with Crippen LogP contribution in [0.1, 0.15) is 124 Å². The highest BCUT2D eigenvalue weighted by Gasteiger charge is 2.12. The molecule has 0 atom stereocenters. The fraction of sp³-hybridized carbons (Fsp3) is 0.955. The summed E-state index contributed by atoms with van der Waals surface area (Å²) in [6.07, 6.45) is 19.8. The number of unbranched alkanes of at least 4 members (excludes halogenated alkanes) is 12. The van der Waals surface area contributed by atoms with Crippen LogP contribution in [0.3, 0.4) is 0 Å². The van der Waals surface area contributed by atoms with Gasteiger partial charge >= 0.3 is 0 Å². The van der Waals surface area contributed by atoms with Crippen molar-refractivity contribution < 1.29 is 4.79 Å². The van der Waals surface area contributed by atoms with E-state index in [1.54, 1.807) is 0 Å². The summed E-state index contributed by atoms with van der Waals surface area (Å²) >= 11 is 0. The molecule has 0 N–H and O–H groups in total. The van der Waals surface area contributed by atoms with Crippen LogP contribution in [0.2, 0.25) is 0 Å². The van der Waals surface area contributed by atoms with Gasteiger partial charge in [-0.15, -0.1) is 0 Å². The highest BCUT2D eigenvalue weighted by atomic mass is 16.2. The number of hydrogen-bond acceptors (Lipinski definition) is 1. The Hall–Kier alpha value is -0.530. The van der Waals surface area contributed by atoms with Crippen molar-refractivity contribution in [1.29, 1.82) is 0 Å². The summed E-state index contributed by atoms with van der Waals surface area (Å²) in [5.74, 6) is 0.413. The smallest absolute Gasteiger partial charge is 0.222 e. The van der Waals surface area contributed by atoms with Gasteiger partial charge in [0.1, 0.15) is 0 Å². The first-order valence-corrected chi connectivity index (χ1v) is 11.0. The Kier molecular flexibility index (Phi) is 18.4. The van der Waals surface area contributed by atoms with Gasteiger partial charge in [0.25, 0.3) is 0 Å². The molecule has 144 valence electrons. The van der Waals surface area contributed by atoms with Crippen LogP contribution in [-0.4, -0.2) is 23.9 Å². The molecule has 24 heavy (non-hydrogen) atoms. The average Bonchev–Trinajstić information content (AvgIpc) is 2.59. The highest BCUT2D eigenvalue weighted by Crippen LogP contribution is 2.11. The second-order valence-electron chi connectivity index (χ2n) is 7.37. The van der Waals surface area contributed by atoms with E-state index in [9.17, 15) is 4.79 Å². The van der Waals surface area contributed by atoms with E-state index in [-0.39, 0.29) is 0 Å². The minimum atomic E-state index is 0.413. The van der Waals surface area contributed by atoms with E-state index in [4.69, 9.17) is 0 Å². The molecule has 0 radical (unpaired) electrons. The van der Waals surface area contributed by atoms with E-state index in [1.165, 1.54) is 89.9 Å². The van der Waals surface area contributed by atoms with Gasteiger partial charge in [-0.2, -0.15) is 0 Å². The maximum absolute atomic E-state index is 12.5. The zero-order valence-electron chi connectivity index (χ0n) is 17.1. The molecule has 0 heterocycles. The molecule has 2 heteroatoms. The van der Waals surface area contributed by atoms with Gasteiger partial charge in [0, 0.05) is 19.5 Å². The molecule has 0 aliphatic rings. The van der Waals surface area contributed by atoms with Crippen LogP contribution in [0, 0.1) is 0 Å². The van der Waals surface area contributed by atoms with E-state index in [1.807, 2.05) is 0 Å². The zero-order chi connectivity index (χ0) is 17.9. The summed E-state index contributed by atoms with van der Waals surface area (Å²) in [4.78, 5) is 14.7. The Balaban J connectivity index is 3.98. The van der Waals surface area contributed by atoms with Crippen molar-refractivity contribution in [2.75, 3.05) is 13.1 Å². The first kappa shape index (κ1) is 23.5. The van der Waals surface area contributed by atoms with Gasteiger partial charge in [-0.05, 0) is 19.3 Å². The standard InChI is InChI=1S/C22H45NO/c1-4-7-10-13-15-18-21-23(20-17-12-9-6-3)22(24)19-16-14-11-8-5-2/h4-21H2,1-3H3. The van der Waals surface area contributed by atoms with Gasteiger partial charge in [-0.3, -0.25) is 4.79 Å². The van der Waals surface area contributed by atoms with Crippen LogP contribution in [0.15, 0.2) is 0 Å². The Morgan fingerprint density at radius 2 is 0.917 bits per heavy atom. The van der Waals surface area contributed by atoms with Crippen molar-refractivity contribution in [1.82, 2.24) is 4.90 Å². The third-order valence-corrected chi connectivity index (χ3v) is 4.91. The fourth-order valence-corrected chi connectivity index (χ4v) is 3.21. The van der Waals surface area contributed by atoms with Gasteiger partial charge in [0.2, 0.25) is 5.91 Å². The predicted octanol–water partition coefficient (Wildman–Crippen LogP) is 7.12. The number of nitrogens with zero attached hydrogens (tertiary/aromatic N) is 1. The summed E-state index contributed by atoms with van der Waals surface area (Å²) in [7, 11) is 0. The summed E-state index contributed by atoms with van der Waals surface area (Å²) in [5, 5.41) is 0. The van der Waals surface area contributed by atoms with Gasteiger partial charge < -0.3 is 4.90 Å². The van der Waals surface area contributed by atoms with E-state index in [0.717, 1.165) is 25.9 Å². The number of rotatable bonds is 18. The molecule has 0 saturated carbocycles. The van der Waals surface area contributed by atoms with Gasteiger partial charge in [-0.25, -0.2) is 0 Å². The predicted molar refractivity (Wildman–Crippen MR) is 107 cm³/mol. The minimum absolute atomic E-state index is 0.413.